The number of aromatic nitrogens is 3. The molecule has 3 aromatic heterocycles. The molecule has 3 aromatic rings. The van der Waals surface area contributed by atoms with E-state index >= 15 is 0 Å². The summed E-state index contributed by atoms with van der Waals surface area (Å²) in [6.45, 7) is 1.96. The van der Waals surface area contributed by atoms with Gasteiger partial charge in [0.15, 0.2) is 5.65 Å². The van der Waals surface area contributed by atoms with Crippen molar-refractivity contribution in [3.63, 3.8) is 0 Å². The lowest BCUT2D eigenvalue weighted by Crippen LogP contribution is -1.99. The van der Waals surface area contributed by atoms with Crippen molar-refractivity contribution < 1.29 is 0 Å². The van der Waals surface area contributed by atoms with Gasteiger partial charge in [-0.2, -0.15) is 0 Å². The molecule has 0 unspecified atom stereocenters. The van der Waals surface area contributed by atoms with E-state index in [1.54, 1.807) is 6.20 Å². The van der Waals surface area contributed by atoms with Gasteiger partial charge in [0.05, 0.1) is 9.85 Å². The maximum Gasteiger partial charge on any atom is 0.325 e. The summed E-state index contributed by atoms with van der Waals surface area (Å²) in [6, 6.07) is 3.91. The molecule has 0 amide bonds. The van der Waals surface area contributed by atoms with Crippen LogP contribution >= 0.6 is 22.9 Å². The standard InChI is InChI=1S/C11H8ClN3OS/c1-5-2-8(17-9(5)12)6-3-7-10(13-4-6)15-11(16)14-7/h2-4H,1H3,(H2,13,14,15,16). The van der Waals surface area contributed by atoms with Crippen LogP contribution in [-0.2, 0) is 0 Å². The Labute approximate surface area is 105 Å². The van der Waals surface area contributed by atoms with Gasteiger partial charge in [0.1, 0.15) is 0 Å². The largest absolute Gasteiger partial charge is 0.325 e. The van der Waals surface area contributed by atoms with Gasteiger partial charge in [0.2, 0.25) is 0 Å². The summed E-state index contributed by atoms with van der Waals surface area (Å²) in [4.78, 5) is 21.7. The van der Waals surface area contributed by atoms with Gasteiger partial charge in [-0.25, -0.2) is 9.78 Å². The highest BCUT2D eigenvalue weighted by Gasteiger charge is 2.08. The first kappa shape index (κ1) is 10.6. The summed E-state index contributed by atoms with van der Waals surface area (Å²) in [5, 5.41) is 0. The number of pyridine rings is 1. The predicted molar refractivity (Wildman–Crippen MR) is 69.8 cm³/mol. The Morgan fingerprint density at radius 2 is 2.18 bits per heavy atom. The van der Waals surface area contributed by atoms with Crippen molar-refractivity contribution in [1.29, 1.82) is 0 Å². The number of imidazole rings is 1. The highest BCUT2D eigenvalue weighted by atomic mass is 35.5. The maximum atomic E-state index is 11.1. The van der Waals surface area contributed by atoms with Crippen molar-refractivity contribution in [2.45, 2.75) is 6.92 Å². The number of rotatable bonds is 1. The van der Waals surface area contributed by atoms with E-state index in [4.69, 9.17) is 11.6 Å². The molecule has 0 radical (unpaired) electrons. The van der Waals surface area contributed by atoms with Crippen LogP contribution in [0.1, 0.15) is 5.56 Å². The first-order valence-electron chi connectivity index (χ1n) is 4.98. The summed E-state index contributed by atoms with van der Waals surface area (Å²) in [6.07, 6.45) is 1.73. The second kappa shape index (κ2) is 3.72. The van der Waals surface area contributed by atoms with Crippen molar-refractivity contribution in [2.75, 3.05) is 0 Å². The second-order valence-corrected chi connectivity index (χ2v) is 5.42. The van der Waals surface area contributed by atoms with E-state index in [9.17, 15) is 4.79 Å². The molecule has 17 heavy (non-hydrogen) atoms. The van der Waals surface area contributed by atoms with Crippen LogP contribution < -0.4 is 5.69 Å². The SMILES string of the molecule is Cc1cc(-c2cnc3[nH]c(=O)[nH]c3c2)sc1Cl. The Kier molecular flexibility index (Phi) is 2.31. The lowest BCUT2D eigenvalue weighted by molar-refractivity contribution is 1.20. The molecule has 0 saturated carbocycles. The fraction of sp³-hybridized carbons (Fsp3) is 0.0909. The molecule has 0 atom stereocenters. The minimum Gasteiger partial charge on any atom is -0.304 e. The van der Waals surface area contributed by atoms with Crippen LogP contribution in [0, 0.1) is 6.92 Å². The summed E-state index contributed by atoms with van der Waals surface area (Å²) < 4.78 is 0.780. The molecule has 0 fully saturated rings. The van der Waals surface area contributed by atoms with Crippen molar-refractivity contribution >= 4 is 34.1 Å². The monoisotopic (exact) mass is 265 g/mol. The number of nitrogens with one attached hydrogen (secondary N) is 2. The number of halogens is 1. The minimum atomic E-state index is -0.245. The van der Waals surface area contributed by atoms with Crippen LogP contribution in [0.3, 0.4) is 0 Å². The van der Waals surface area contributed by atoms with Gasteiger partial charge in [-0.05, 0) is 24.6 Å². The van der Waals surface area contributed by atoms with Gasteiger partial charge in [0.25, 0.3) is 0 Å². The quantitative estimate of drug-likeness (QED) is 0.711. The number of H-pyrrole nitrogens is 2. The molecular formula is C11H8ClN3OS. The zero-order chi connectivity index (χ0) is 12.0. The van der Waals surface area contributed by atoms with Crippen LogP contribution in [0.2, 0.25) is 4.34 Å². The Bertz CT molecular complexity index is 736. The van der Waals surface area contributed by atoms with Crippen LogP contribution in [0.25, 0.3) is 21.6 Å². The molecule has 0 saturated heterocycles. The highest BCUT2D eigenvalue weighted by Crippen LogP contribution is 2.34. The summed E-state index contributed by atoms with van der Waals surface area (Å²) in [7, 11) is 0. The van der Waals surface area contributed by atoms with Crippen LogP contribution in [-0.4, -0.2) is 15.0 Å². The lowest BCUT2D eigenvalue weighted by atomic mass is 10.2. The van der Waals surface area contributed by atoms with Crippen molar-refractivity contribution in [3.05, 3.63) is 38.7 Å². The number of hydrogen-bond donors (Lipinski definition) is 2. The van der Waals surface area contributed by atoms with E-state index < -0.39 is 0 Å². The fourth-order valence-corrected chi connectivity index (χ4v) is 2.84. The molecule has 6 heteroatoms. The van der Waals surface area contributed by atoms with E-state index in [2.05, 4.69) is 15.0 Å². The van der Waals surface area contributed by atoms with Crippen molar-refractivity contribution in [1.82, 2.24) is 15.0 Å². The molecular weight excluding hydrogens is 258 g/mol. The van der Waals surface area contributed by atoms with E-state index in [0.717, 1.165) is 20.3 Å². The second-order valence-electron chi connectivity index (χ2n) is 3.77. The van der Waals surface area contributed by atoms with Crippen molar-refractivity contribution in [3.8, 4) is 10.4 Å². The van der Waals surface area contributed by atoms with Gasteiger partial charge < -0.3 is 4.98 Å². The number of hydrogen-bond acceptors (Lipinski definition) is 3. The maximum absolute atomic E-state index is 11.1. The molecule has 0 aliphatic rings. The molecule has 0 aliphatic heterocycles. The Morgan fingerprint density at radius 3 is 2.88 bits per heavy atom. The van der Waals surface area contributed by atoms with Gasteiger partial charge in [-0.15, -0.1) is 11.3 Å². The molecule has 86 valence electrons. The van der Waals surface area contributed by atoms with Gasteiger partial charge in [-0.1, -0.05) is 11.6 Å². The van der Waals surface area contributed by atoms with Crippen molar-refractivity contribution in [2.24, 2.45) is 0 Å². The Balaban J connectivity index is 2.20. The predicted octanol–water partition coefficient (Wildman–Crippen LogP) is 2.94. The van der Waals surface area contributed by atoms with Crippen LogP contribution in [0.5, 0.6) is 0 Å². The molecule has 2 N–H and O–H groups in total. The van der Waals surface area contributed by atoms with E-state index in [0.29, 0.717) is 11.2 Å². The lowest BCUT2D eigenvalue weighted by Gasteiger charge is -1.95. The minimum absolute atomic E-state index is 0.245. The molecule has 0 aromatic carbocycles. The number of aromatic amines is 2. The van der Waals surface area contributed by atoms with E-state index in [1.165, 1.54) is 11.3 Å². The Morgan fingerprint density at radius 1 is 1.35 bits per heavy atom. The molecule has 3 heterocycles. The van der Waals surface area contributed by atoms with Gasteiger partial charge in [0, 0.05) is 16.6 Å². The average Bonchev–Trinajstić information content (AvgIpc) is 2.80. The highest BCUT2D eigenvalue weighted by molar-refractivity contribution is 7.19. The third-order valence-electron chi connectivity index (χ3n) is 2.51. The first-order valence-corrected chi connectivity index (χ1v) is 6.17. The summed E-state index contributed by atoms with van der Waals surface area (Å²) in [5.74, 6) is 0. The number of nitrogens with zero attached hydrogens (tertiary/aromatic N) is 1. The molecule has 0 spiro atoms. The molecule has 3 rings (SSSR count). The first-order chi connectivity index (χ1) is 8.13. The topological polar surface area (TPSA) is 61.5 Å². The number of thiophene rings is 1. The fourth-order valence-electron chi connectivity index (χ4n) is 1.66. The van der Waals surface area contributed by atoms with Crippen LogP contribution in [0.15, 0.2) is 23.1 Å². The van der Waals surface area contributed by atoms with E-state index in [-0.39, 0.29) is 5.69 Å². The third kappa shape index (κ3) is 1.77. The smallest absolute Gasteiger partial charge is 0.304 e. The molecule has 0 bridgehead atoms. The molecule has 0 aliphatic carbocycles. The third-order valence-corrected chi connectivity index (χ3v) is 4.11. The average molecular weight is 266 g/mol. The van der Waals surface area contributed by atoms with Gasteiger partial charge >= 0.3 is 5.69 Å². The Hall–Kier alpha value is -1.59. The zero-order valence-corrected chi connectivity index (χ0v) is 10.4. The normalized spacial score (nSPS) is 11.2. The zero-order valence-electron chi connectivity index (χ0n) is 8.87. The van der Waals surface area contributed by atoms with E-state index in [1.807, 2.05) is 19.1 Å². The molecule has 4 nitrogen and oxygen atoms in total. The number of aryl methyl sites for hydroxylation is 1. The summed E-state index contributed by atoms with van der Waals surface area (Å²) in [5.41, 5.74) is 3.03. The van der Waals surface area contributed by atoms with Crippen LogP contribution in [0.4, 0.5) is 0 Å². The van der Waals surface area contributed by atoms with Gasteiger partial charge in [-0.3, -0.25) is 4.98 Å². The summed E-state index contributed by atoms with van der Waals surface area (Å²) >= 11 is 7.54. The number of fused-ring (bicyclic) bond motifs is 1.